The molecule has 0 saturated carbocycles. The molecular formula is C27H32FN3O3S. The van der Waals surface area contributed by atoms with Gasteiger partial charge >= 0.3 is 5.97 Å². The number of aryl methyl sites for hydroxylation is 1. The third-order valence-corrected chi connectivity index (χ3v) is 7.77. The molecule has 1 saturated heterocycles. The van der Waals surface area contributed by atoms with Gasteiger partial charge in [-0.05, 0) is 80.0 Å². The number of fused-ring (bicyclic) bond motifs is 1. The minimum atomic E-state index is -0.747. The van der Waals surface area contributed by atoms with Gasteiger partial charge in [0, 0.05) is 36.8 Å². The highest BCUT2D eigenvalue weighted by Gasteiger charge is 2.30. The van der Waals surface area contributed by atoms with E-state index in [0.29, 0.717) is 23.7 Å². The predicted octanol–water partition coefficient (Wildman–Crippen LogP) is 5.31. The highest BCUT2D eigenvalue weighted by molar-refractivity contribution is 7.99. The fraction of sp³-hybridized carbons (Fsp3) is 0.444. The van der Waals surface area contributed by atoms with Crippen LogP contribution in [0.25, 0.3) is 10.9 Å². The second kappa shape index (κ2) is 12.3. The minimum absolute atomic E-state index is 0.111. The number of hydrogen-bond donors (Lipinski definition) is 1. The number of carboxylic acid groups (broad SMARTS) is 1. The maximum atomic E-state index is 14.7. The monoisotopic (exact) mass is 497 g/mol. The highest BCUT2D eigenvalue weighted by atomic mass is 32.2. The molecule has 1 N–H and O–H groups in total. The Balaban J connectivity index is 1.34. The van der Waals surface area contributed by atoms with Gasteiger partial charge in [-0.25, -0.2) is 9.37 Å². The first kappa shape index (κ1) is 25.4. The van der Waals surface area contributed by atoms with Crippen LogP contribution < -0.4 is 4.74 Å². The Morgan fingerprint density at radius 1 is 1.26 bits per heavy atom. The zero-order chi connectivity index (χ0) is 24.6. The van der Waals surface area contributed by atoms with Crippen molar-refractivity contribution in [3.8, 4) is 5.75 Å². The maximum absolute atomic E-state index is 14.7. The second-order valence-electron chi connectivity index (χ2n) is 9.08. The van der Waals surface area contributed by atoms with Gasteiger partial charge in [0.05, 0.1) is 23.8 Å². The summed E-state index contributed by atoms with van der Waals surface area (Å²) in [6.45, 7) is 2.68. The Bertz CT molecular complexity index is 1130. The summed E-state index contributed by atoms with van der Waals surface area (Å²) in [5, 5.41) is 11.3. The Morgan fingerprint density at radius 3 is 2.91 bits per heavy atom. The quantitative estimate of drug-likeness (QED) is 0.360. The molecule has 0 amide bonds. The number of rotatable bonds is 11. The number of benzene rings is 1. The molecule has 3 aromatic rings. The number of hydrogen-bond acceptors (Lipinski definition) is 6. The molecule has 8 heteroatoms. The highest BCUT2D eigenvalue weighted by Crippen LogP contribution is 2.32. The van der Waals surface area contributed by atoms with E-state index in [-0.39, 0.29) is 18.2 Å². The van der Waals surface area contributed by atoms with E-state index in [9.17, 15) is 14.3 Å². The Hall–Kier alpha value is -2.71. The van der Waals surface area contributed by atoms with E-state index in [0.717, 1.165) is 60.6 Å². The first-order chi connectivity index (χ1) is 17.0. The molecule has 35 heavy (non-hydrogen) atoms. The number of ether oxygens (including phenoxy) is 1. The van der Waals surface area contributed by atoms with Gasteiger partial charge in [-0.2, -0.15) is 0 Å². The lowest BCUT2D eigenvalue weighted by Crippen LogP contribution is -2.42. The van der Waals surface area contributed by atoms with Gasteiger partial charge < -0.3 is 14.7 Å². The van der Waals surface area contributed by atoms with E-state index in [1.165, 1.54) is 6.20 Å². The molecule has 0 spiro atoms. The number of pyridine rings is 2. The molecule has 6 nitrogen and oxygen atoms in total. The lowest BCUT2D eigenvalue weighted by atomic mass is 9.80. The number of aliphatic carboxylic acids is 1. The molecule has 2 aromatic heterocycles. The fourth-order valence-corrected chi connectivity index (χ4v) is 5.90. The fourth-order valence-electron chi connectivity index (χ4n) is 5.03. The smallest absolute Gasteiger partial charge is 0.303 e. The zero-order valence-corrected chi connectivity index (χ0v) is 20.8. The number of methoxy groups -OCH3 is 1. The number of likely N-dealkylation sites (tertiary alicyclic amines) is 1. The van der Waals surface area contributed by atoms with Crippen LogP contribution in [0.1, 0.15) is 31.2 Å². The van der Waals surface area contributed by atoms with E-state index >= 15 is 0 Å². The molecule has 2 atom stereocenters. The number of carboxylic acids is 1. The molecule has 0 bridgehead atoms. The van der Waals surface area contributed by atoms with Crippen LogP contribution in [-0.4, -0.2) is 58.4 Å². The van der Waals surface area contributed by atoms with Crippen molar-refractivity contribution >= 4 is 28.6 Å². The molecule has 186 valence electrons. The van der Waals surface area contributed by atoms with Gasteiger partial charge in [-0.15, -0.1) is 11.8 Å². The SMILES string of the molecule is COc1ccc2ncc(F)c(CCC[C@@H]3CCN(CCSc4ccccn4)C[C@H]3CC(=O)O)c2c1. The van der Waals surface area contributed by atoms with Crippen LogP contribution in [0, 0.1) is 17.7 Å². The third kappa shape index (κ3) is 6.92. The number of piperidine rings is 1. The van der Waals surface area contributed by atoms with Crippen LogP contribution in [0.2, 0.25) is 0 Å². The van der Waals surface area contributed by atoms with Crippen LogP contribution in [0.5, 0.6) is 5.75 Å². The summed E-state index contributed by atoms with van der Waals surface area (Å²) in [7, 11) is 1.60. The average molecular weight is 498 g/mol. The van der Waals surface area contributed by atoms with Crippen LogP contribution in [-0.2, 0) is 11.2 Å². The summed E-state index contributed by atoms with van der Waals surface area (Å²) in [5.74, 6) is 1.01. The lowest BCUT2D eigenvalue weighted by Gasteiger charge is -2.38. The van der Waals surface area contributed by atoms with Crippen LogP contribution in [0.4, 0.5) is 4.39 Å². The lowest BCUT2D eigenvalue weighted by molar-refractivity contribution is -0.139. The Kier molecular flexibility index (Phi) is 8.93. The summed E-state index contributed by atoms with van der Waals surface area (Å²) in [6.07, 6.45) is 6.54. The molecule has 0 unspecified atom stereocenters. The number of nitrogens with zero attached hydrogens (tertiary/aromatic N) is 3. The molecule has 0 aliphatic carbocycles. The van der Waals surface area contributed by atoms with Crippen LogP contribution in [0.3, 0.4) is 0 Å². The normalized spacial score (nSPS) is 18.6. The van der Waals surface area contributed by atoms with Crippen molar-refractivity contribution in [2.45, 2.75) is 37.1 Å². The van der Waals surface area contributed by atoms with E-state index in [1.807, 2.05) is 36.4 Å². The van der Waals surface area contributed by atoms with Crippen molar-refractivity contribution in [3.63, 3.8) is 0 Å². The molecule has 0 radical (unpaired) electrons. The standard InChI is InChI=1S/C27H32FN3O3S/c1-34-21-8-9-25-23(16-21)22(24(28)17-30-25)6-4-5-19-10-12-31(18-20(19)15-27(32)33)13-14-35-26-7-2-3-11-29-26/h2-3,7-9,11,16-17,19-20H,4-6,10,12-15,18H2,1H3,(H,32,33)/t19-,20-/m1/s1. The second-order valence-corrected chi connectivity index (χ2v) is 10.2. The van der Waals surface area contributed by atoms with E-state index in [4.69, 9.17) is 4.74 Å². The Labute approximate surface area is 209 Å². The average Bonchev–Trinajstić information content (AvgIpc) is 2.86. The molecule has 4 rings (SSSR count). The number of aromatic nitrogens is 2. The molecule has 3 heterocycles. The summed E-state index contributed by atoms with van der Waals surface area (Å²) in [4.78, 5) is 22.5. The van der Waals surface area contributed by atoms with Gasteiger partial charge in [0.2, 0.25) is 0 Å². The van der Waals surface area contributed by atoms with Crippen molar-refractivity contribution < 1.29 is 19.0 Å². The van der Waals surface area contributed by atoms with Crippen molar-refractivity contribution in [3.05, 3.63) is 60.2 Å². The minimum Gasteiger partial charge on any atom is -0.497 e. The largest absolute Gasteiger partial charge is 0.497 e. The molecular weight excluding hydrogens is 465 g/mol. The van der Waals surface area contributed by atoms with Gasteiger partial charge in [0.15, 0.2) is 0 Å². The summed E-state index contributed by atoms with van der Waals surface area (Å²) >= 11 is 1.73. The Morgan fingerprint density at radius 2 is 2.14 bits per heavy atom. The molecule has 1 aromatic carbocycles. The summed E-state index contributed by atoms with van der Waals surface area (Å²) < 4.78 is 20.0. The van der Waals surface area contributed by atoms with Crippen LogP contribution >= 0.6 is 11.8 Å². The van der Waals surface area contributed by atoms with Crippen molar-refractivity contribution in [1.82, 2.24) is 14.9 Å². The van der Waals surface area contributed by atoms with Gasteiger partial charge in [-0.1, -0.05) is 6.07 Å². The van der Waals surface area contributed by atoms with Crippen molar-refractivity contribution in [2.24, 2.45) is 11.8 Å². The third-order valence-electron chi connectivity index (χ3n) is 6.84. The summed E-state index contributed by atoms with van der Waals surface area (Å²) in [6, 6.07) is 11.4. The van der Waals surface area contributed by atoms with E-state index in [2.05, 4.69) is 14.9 Å². The number of carbonyl (C=O) groups is 1. The van der Waals surface area contributed by atoms with Gasteiger partial charge in [0.25, 0.3) is 0 Å². The van der Waals surface area contributed by atoms with Crippen LogP contribution in [0.15, 0.2) is 53.8 Å². The first-order valence-electron chi connectivity index (χ1n) is 12.1. The van der Waals surface area contributed by atoms with E-state index < -0.39 is 5.97 Å². The van der Waals surface area contributed by atoms with Crippen molar-refractivity contribution in [1.29, 1.82) is 0 Å². The van der Waals surface area contributed by atoms with E-state index in [1.54, 1.807) is 25.1 Å². The van der Waals surface area contributed by atoms with Gasteiger partial charge in [-0.3, -0.25) is 9.78 Å². The first-order valence-corrected chi connectivity index (χ1v) is 13.1. The maximum Gasteiger partial charge on any atom is 0.303 e. The summed E-state index contributed by atoms with van der Waals surface area (Å²) in [5.41, 5.74) is 1.41. The molecule has 1 aliphatic heterocycles. The number of thioether (sulfide) groups is 1. The van der Waals surface area contributed by atoms with Gasteiger partial charge in [0.1, 0.15) is 11.6 Å². The molecule has 1 aliphatic rings. The predicted molar refractivity (Wildman–Crippen MR) is 136 cm³/mol. The number of halogens is 1. The van der Waals surface area contributed by atoms with Crippen molar-refractivity contribution in [2.75, 3.05) is 32.5 Å². The zero-order valence-electron chi connectivity index (χ0n) is 20.0. The molecule has 1 fully saturated rings. The topological polar surface area (TPSA) is 75.5 Å².